The first-order chi connectivity index (χ1) is 13.6. The van der Waals surface area contributed by atoms with Crippen molar-refractivity contribution in [2.24, 2.45) is 0 Å². The molecule has 3 aromatic rings. The lowest BCUT2D eigenvalue weighted by atomic mass is 10.3. The summed E-state index contributed by atoms with van der Waals surface area (Å²) in [7, 11) is 1.50. The molecule has 1 aliphatic heterocycles. The van der Waals surface area contributed by atoms with Gasteiger partial charge in [0.25, 0.3) is 0 Å². The van der Waals surface area contributed by atoms with Crippen LogP contribution in [0.3, 0.4) is 0 Å². The number of carbonyl (C=O) groups is 2. The first-order valence-electron chi connectivity index (χ1n) is 8.57. The topological polar surface area (TPSA) is 98.5 Å². The number of benzene rings is 2. The third-order valence-electron chi connectivity index (χ3n) is 4.37. The zero-order valence-corrected chi connectivity index (χ0v) is 15.0. The molecule has 0 aliphatic carbocycles. The molecule has 4 rings (SSSR count). The van der Waals surface area contributed by atoms with Crippen molar-refractivity contribution in [3.05, 3.63) is 70.9 Å². The molecule has 0 saturated heterocycles. The summed E-state index contributed by atoms with van der Waals surface area (Å²) in [5.74, 6) is 0.351. The lowest BCUT2D eigenvalue weighted by Gasteiger charge is -2.14. The molecule has 2 heterocycles. The van der Waals surface area contributed by atoms with Crippen molar-refractivity contribution in [1.82, 2.24) is 14.3 Å². The van der Waals surface area contributed by atoms with Gasteiger partial charge in [-0.15, -0.1) is 0 Å². The summed E-state index contributed by atoms with van der Waals surface area (Å²) in [6, 6.07) is 15.5. The minimum absolute atomic E-state index is 0.166. The predicted molar refractivity (Wildman–Crippen MR) is 102 cm³/mol. The molecule has 0 unspecified atom stereocenters. The van der Waals surface area contributed by atoms with Gasteiger partial charge in [0.1, 0.15) is 12.3 Å². The van der Waals surface area contributed by atoms with Gasteiger partial charge < -0.3 is 10.1 Å². The highest BCUT2D eigenvalue weighted by molar-refractivity contribution is 5.96. The van der Waals surface area contributed by atoms with E-state index >= 15 is 0 Å². The molecule has 0 fully saturated rings. The molecular weight excluding hydrogens is 362 g/mol. The Morgan fingerprint density at radius 2 is 1.82 bits per heavy atom. The Morgan fingerprint density at radius 3 is 2.54 bits per heavy atom. The maximum Gasteiger partial charge on any atom is 0.354 e. The third kappa shape index (κ3) is 3.02. The Hall–Kier alpha value is -3.88. The number of carbonyl (C=O) groups excluding carboxylic acids is 2. The Kier molecular flexibility index (Phi) is 4.40. The smallest absolute Gasteiger partial charge is 0.354 e. The molecule has 0 saturated carbocycles. The highest BCUT2D eigenvalue weighted by Gasteiger charge is 2.33. The molecular formula is C19H17N5O4. The van der Waals surface area contributed by atoms with Gasteiger partial charge in [-0.1, -0.05) is 30.3 Å². The summed E-state index contributed by atoms with van der Waals surface area (Å²) in [4.78, 5) is 39.0. The molecule has 2 aromatic carbocycles. The van der Waals surface area contributed by atoms with Gasteiger partial charge in [-0.25, -0.2) is 14.3 Å². The van der Waals surface area contributed by atoms with Crippen molar-refractivity contribution >= 4 is 23.3 Å². The van der Waals surface area contributed by atoms with Crippen LogP contribution < -0.4 is 20.6 Å². The van der Waals surface area contributed by atoms with E-state index in [1.54, 1.807) is 36.4 Å². The highest BCUT2D eigenvalue weighted by atomic mass is 16.5. The monoisotopic (exact) mass is 379 g/mol. The van der Waals surface area contributed by atoms with E-state index in [0.29, 0.717) is 22.9 Å². The van der Waals surface area contributed by atoms with Crippen LogP contribution in [0.1, 0.15) is 5.82 Å². The van der Waals surface area contributed by atoms with Crippen molar-refractivity contribution in [2.45, 2.75) is 13.1 Å². The van der Waals surface area contributed by atoms with E-state index in [-0.39, 0.29) is 13.1 Å². The number of aromatic nitrogens is 3. The van der Waals surface area contributed by atoms with Crippen LogP contribution in [-0.2, 0) is 17.9 Å². The van der Waals surface area contributed by atoms with Crippen molar-refractivity contribution in [3.8, 4) is 5.75 Å². The zero-order chi connectivity index (χ0) is 19.7. The normalized spacial score (nSPS) is 12.8. The summed E-state index contributed by atoms with van der Waals surface area (Å²) in [5.41, 5.74) is 0.521. The second-order valence-corrected chi connectivity index (χ2v) is 6.14. The fraction of sp³-hybridized carbons (Fsp3) is 0.158. The average Bonchev–Trinajstić information content (AvgIpc) is 3.19. The van der Waals surface area contributed by atoms with Crippen molar-refractivity contribution in [1.29, 1.82) is 0 Å². The van der Waals surface area contributed by atoms with Gasteiger partial charge >= 0.3 is 11.7 Å². The van der Waals surface area contributed by atoms with Gasteiger partial charge in [-0.3, -0.25) is 9.69 Å². The Morgan fingerprint density at radius 1 is 1.11 bits per heavy atom. The Labute approximate surface area is 159 Å². The molecule has 28 heavy (non-hydrogen) atoms. The van der Waals surface area contributed by atoms with E-state index in [2.05, 4.69) is 10.4 Å². The van der Waals surface area contributed by atoms with Gasteiger partial charge in [-0.05, 0) is 24.3 Å². The first kappa shape index (κ1) is 17.5. The number of anilines is 2. The minimum atomic E-state index is -0.645. The Balaban J connectivity index is 1.52. The summed E-state index contributed by atoms with van der Waals surface area (Å²) >= 11 is 0. The number of rotatable bonds is 5. The number of ether oxygens (including phenoxy) is 1. The van der Waals surface area contributed by atoms with Gasteiger partial charge in [0.05, 0.1) is 19.3 Å². The number of methoxy groups -OCH3 is 1. The van der Waals surface area contributed by atoms with E-state index in [9.17, 15) is 14.4 Å². The minimum Gasteiger partial charge on any atom is -0.495 e. The van der Waals surface area contributed by atoms with Gasteiger partial charge in [0, 0.05) is 5.69 Å². The average molecular weight is 379 g/mol. The van der Waals surface area contributed by atoms with Crippen LogP contribution in [0, 0.1) is 0 Å². The maximum absolute atomic E-state index is 12.6. The predicted octanol–water partition coefficient (Wildman–Crippen LogP) is 1.68. The summed E-state index contributed by atoms with van der Waals surface area (Å²) in [6.45, 7) is -0.144. The number of para-hydroxylation sites is 3. The molecule has 9 nitrogen and oxygen atoms in total. The second kappa shape index (κ2) is 7.03. The third-order valence-corrected chi connectivity index (χ3v) is 4.37. The summed E-state index contributed by atoms with van der Waals surface area (Å²) in [6.07, 6.45) is 0. The van der Waals surface area contributed by atoms with Gasteiger partial charge in [0.15, 0.2) is 5.82 Å². The van der Waals surface area contributed by atoms with E-state index in [4.69, 9.17) is 4.74 Å². The Bertz CT molecular complexity index is 1100. The molecule has 1 N–H and O–H groups in total. The van der Waals surface area contributed by atoms with Crippen LogP contribution in [0.5, 0.6) is 5.75 Å². The number of nitrogens with one attached hydrogen (secondary N) is 1. The second-order valence-electron chi connectivity index (χ2n) is 6.14. The quantitative estimate of drug-likeness (QED) is 0.727. The molecule has 2 amide bonds. The molecule has 0 spiro atoms. The van der Waals surface area contributed by atoms with E-state index in [0.717, 1.165) is 9.25 Å². The first-order valence-corrected chi connectivity index (χ1v) is 8.57. The van der Waals surface area contributed by atoms with Crippen molar-refractivity contribution < 1.29 is 14.3 Å². The van der Waals surface area contributed by atoms with Gasteiger partial charge in [-0.2, -0.15) is 9.67 Å². The lowest BCUT2D eigenvalue weighted by molar-refractivity contribution is -0.117. The molecule has 142 valence electrons. The summed E-state index contributed by atoms with van der Waals surface area (Å²) in [5, 5.41) is 6.83. The fourth-order valence-electron chi connectivity index (χ4n) is 3.06. The van der Waals surface area contributed by atoms with Gasteiger partial charge in [0.2, 0.25) is 5.91 Å². The van der Waals surface area contributed by atoms with Crippen molar-refractivity contribution in [3.63, 3.8) is 0 Å². The zero-order valence-electron chi connectivity index (χ0n) is 15.0. The molecule has 1 aromatic heterocycles. The highest BCUT2D eigenvalue weighted by Crippen LogP contribution is 2.23. The largest absolute Gasteiger partial charge is 0.495 e. The fourth-order valence-corrected chi connectivity index (χ4v) is 3.06. The van der Waals surface area contributed by atoms with Crippen LogP contribution in [0.4, 0.5) is 16.2 Å². The van der Waals surface area contributed by atoms with E-state index in [1.807, 2.05) is 18.2 Å². The summed E-state index contributed by atoms with van der Waals surface area (Å²) < 4.78 is 7.16. The number of hydrogen-bond acceptors (Lipinski definition) is 5. The molecule has 0 bridgehead atoms. The molecule has 0 radical (unpaired) electrons. The van der Waals surface area contributed by atoms with Crippen LogP contribution in [-0.4, -0.2) is 33.4 Å². The maximum atomic E-state index is 12.6. The number of fused-ring (bicyclic) bond motifs is 1. The number of hydrogen-bond donors (Lipinski definition) is 1. The molecule has 1 aliphatic rings. The van der Waals surface area contributed by atoms with Crippen LogP contribution >= 0.6 is 0 Å². The van der Waals surface area contributed by atoms with Crippen LogP contribution in [0.2, 0.25) is 0 Å². The molecule has 0 atom stereocenters. The van der Waals surface area contributed by atoms with Crippen molar-refractivity contribution in [2.75, 3.05) is 17.3 Å². The standard InChI is InChI=1S/C19H17N5O4/c1-28-15-10-6-5-9-14(15)20-17(25)12-23-19(27)24-16(21-23)11-22(18(24)26)13-7-3-2-4-8-13/h2-10H,11-12H2,1H3,(H,20,25). The lowest BCUT2D eigenvalue weighted by Crippen LogP contribution is -2.36. The SMILES string of the molecule is COc1ccccc1NC(=O)Cn1nc2n(c1=O)C(=O)N(c1ccccc1)C2. The van der Waals surface area contributed by atoms with E-state index < -0.39 is 17.6 Å². The molecule has 9 heteroatoms. The number of amides is 2. The van der Waals surface area contributed by atoms with Crippen LogP contribution in [0.15, 0.2) is 59.4 Å². The van der Waals surface area contributed by atoms with E-state index in [1.165, 1.54) is 12.0 Å². The number of nitrogens with zero attached hydrogens (tertiary/aromatic N) is 4. The van der Waals surface area contributed by atoms with Crippen LogP contribution in [0.25, 0.3) is 0 Å².